The standard InChI is InChI=1S/C81H65F3N4/c1-44-27-48(5)77(49(6)28-44)58-15-23-72-67(38-58)68-39-59(78-50(7)29-45(2)30-51(78)8)16-24-73(68)87(72)71-22-14-57(64-21-19-63(81(82,83)84)36-62(64)43-86)37-66(71)65-20-13-56(42-85)35-76(65)88-74-25-17-60(79-52(9)31-46(3)32-53(79)10)40-69(74)70-41-61(18-26-75(70)88)80-54(11)33-47(4)34-55(80)12/h13-41H,1-12H3. The van der Waals surface area contributed by atoms with Crippen LogP contribution in [0.1, 0.15) is 83.5 Å². The maximum Gasteiger partial charge on any atom is 0.416 e. The second kappa shape index (κ2) is 21.3. The predicted molar refractivity (Wildman–Crippen MR) is 359 cm³/mol. The number of rotatable bonds is 8. The molecule has 0 aliphatic carbocycles. The van der Waals surface area contributed by atoms with Gasteiger partial charge in [0.1, 0.15) is 0 Å². The Balaban J connectivity index is 1.14. The predicted octanol–water partition coefficient (Wildman–Crippen LogP) is 22.3. The molecule has 7 heteroatoms. The summed E-state index contributed by atoms with van der Waals surface area (Å²) in [5, 5.41) is 25.7. The molecule has 0 atom stereocenters. The molecule has 0 N–H and O–H groups in total. The van der Waals surface area contributed by atoms with Gasteiger partial charge in [0.05, 0.1) is 62.3 Å². The average Bonchev–Trinajstić information content (AvgIpc) is 1.57. The molecule has 0 unspecified atom stereocenters. The number of aromatic nitrogens is 2. The summed E-state index contributed by atoms with van der Waals surface area (Å²) in [5.74, 6) is 0. The van der Waals surface area contributed by atoms with Crippen molar-refractivity contribution in [2.45, 2.75) is 89.3 Å². The van der Waals surface area contributed by atoms with Crippen molar-refractivity contribution in [2.75, 3.05) is 0 Å². The van der Waals surface area contributed by atoms with Crippen LogP contribution in [0, 0.1) is 106 Å². The smallest absolute Gasteiger partial charge is 0.309 e. The summed E-state index contributed by atoms with van der Waals surface area (Å²) in [4.78, 5) is 0. The van der Waals surface area contributed by atoms with Crippen molar-refractivity contribution in [2.24, 2.45) is 0 Å². The Morgan fingerprint density at radius 3 is 0.989 bits per heavy atom. The van der Waals surface area contributed by atoms with Crippen LogP contribution in [0.3, 0.4) is 0 Å². The van der Waals surface area contributed by atoms with E-state index in [4.69, 9.17) is 0 Å². The second-order valence-corrected chi connectivity index (χ2v) is 24.6. The molecule has 0 saturated heterocycles. The minimum atomic E-state index is -4.65. The molecule has 0 spiro atoms. The zero-order valence-corrected chi connectivity index (χ0v) is 51.7. The highest BCUT2D eigenvalue weighted by Crippen LogP contribution is 2.47. The van der Waals surface area contributed by atoms with Gasteiger partial charge in [-0.25, -0.2) is 0 Å². The molecule has 88 heavy (non-hydrogen) atoms. The Morgan fingerprint density at radius 1 is 0.307 bits per heavy atom. The van der Waals surface area contributed by atoms with Gasteiger partial charge in [-0.3, -0.25) is 0 Å². The molecule has 0 aliphatic rings. The molecule has 2 aromatic heterocycles. The molecule has 0 aliphatic heterocycles. The van der Waals surface area contributed by atoms with Crippen molar-refractivity contribution >= 4 is 43.6 Å². The van der Waals surface area contributed by atoms with E-state index in [2.05, 4.69) is 226 Å². The molecule has 13 aromatic rings. The first-order chi connectivity index (χ1) is 42.1. The third-order valence-corrected chi connectivity index (χ3v) is 18.1. The number of nitriles is 2. The van der Waals surface area contributed by atoms with Gasteiger partial charge in [-0.1, -0.05) is 113 Å². The molecule has 0 amide bonds. The summed E-state index contributed by atoms with van der Waals surface area (Å²) in [6.45, 7) is 25.9. The van der Waals surface area contributed by atoms with Gasteiger partial charge in [-0.05, 0) is 268 Å². The molecule has 4 nitrogen and oxygen atoms in total. The Bertz CT molecular complexity index is 4920. The summed E-state index contributed by atoms with van der Waals surface area (Å²) in [6, 6.07) is 64.5. The van der Waals surface area contributed by atoms with Crippen molar-refractivity contribution < 1.29 is 13.2 Å². The Labute approximate surface area is 512 Å². The summed E-state index contributed by atoms with van der Waals surface area (Å²) in [7, 11) is 0. The molecule has 13 rings (SSSR count). The highest BCUT2D eigenvalue weighted by atomic mass is 19.4. The second-order valence-electron chi connectivity index (χ2n) is 24.6. The topological polar surface area (TPSA) is 57.4 Å². The summed E-state index contributed by atoms with van der Waals surface area (Å²) >= 11 is 0. The zero-order valence-electron chi connectivity index (χ0n) is 51.7. The van der Waals surface area contributed by atoms with E-state index in [-0.39, 0.29) is 5.56 Å². The molecule has 430 valence electrons. The van der Waals surface area contributed by atoms with E-state index in [9.17, 15) is 23.7 Å². The number of benzene rings is 11. The molecule has 0 saturated carbocycles. The molecule has 0 bridgehead atoms. The zero-order chi connectivity index (χ0) is 61.9. The van der Waals surface area contributed by atoms with E-state index in [1.54, 1.807) is 0 Å². The Morgan fingerprint density at radius 2 is 0.648 bits per heavy atom. The highest BCUT2D eigenvalue weighted by Gasteiger charge is 2.32. The van der Waals surface area contributed by atoms with Gasteiger partial charge in [-0.15, -0.1) is 0 Å². The maximum absolute atomic E-state index is 14.4. The lowest BCUT2D eigenvalue weighted by atomic mass is 9.91. The van der Waals surface area contributed by atoms with E-state index in [0.29, 0.717) is 16.7 Å². The van der Waals surface area contributed by atoms with Gasteiger partial charge in [0.2, 0.25) is 0 Å². The number of hydrogen-bond acceptors (Lipinski definition) is 2. The van der Waals surface area contributed by atoms with Crippen molar-refractivity contribution in [3.05, 3.63) is 259 Å². The minimum absolute atomic E-state index is 0.0963. The number of hydrogen-bond donors (Lipinski definition) is 0. The number of fused-ring (bicyclic) bond motifs is 6. The summed E-state index contributed by atoms with van der Waals surface area (Å²) < 4.78 is 47.7. The fourth-order valence-corrected chi connectivity index (χ4v) is 14.9. The molecule has 0 fully saturated rings. The van der Waals surface area contributed by atoms with E-state index in [0.717, 1.165) is 100 Å². The van der Waals surface area contributed by atoms with E-state index in [1.165, 1.54) is 95.1 Å². The first kappa shape index (κ1) is 56.9. The van der Waals surface area contributed by atoms with Crippen molar-refractivity contribution in [3.8, 4) is 90.3 Å². The fraction of sp³-hybridized carbons (Fsp3) is 0.160. The van der Waals surface area contributed by atoms with E-state index >= 15 is 0 Å². The van der Waals surface area contributed by atoms with Gasteiger partial charge >= 0.3 is 6.18 Å². The van der Waals surface area contributed by atoms with E-state index < -0.39 is 11.7 Å². The van der Waals surface area contributed by atoms with Crippen LogP contribution in [0.5, 0.6) is 0 Å². The molecular formula is C81H65F3N4. The monoisotopic (exact) mass is 1150 g/mol. The third-order valence-electron chi connectivity index (χ3n) is 18.1. The first-order valence-electron chi connectivity index (χ1n) is 29.9. The summed E-state index contributed by atoms with van der Waals surface area (Å²) in [6.07, 6.45) is -4.65. The van der Waals surface area contributed by atoms with Gasteiger partial charge in [0.15, 0.2) is 0 Å². The maximum atomic E-state index is 14.4. The van der Waals surface area contributed by atoms with Gasteiger partial charge in [-0.2, -0.15) is 23.7 Å². The lowest BCUT2D eigenvalue weighted by Crippen LogP contribution is -2.05. The SMILES string of the molecule is Cc1cc(C)c(-c2ccc3c(c2)c2cc(-c4c(C)cc(C)cc4C)ccc2n3-c2ccc(-c3ccc(C(F)(F)F)cc3C#N)cc2-c2ccc(C#N)cc2-n2c3ccc(-c4c(C)cc(C)cc4C)cc3c3cc(-c4c(C)cc(C)cc4C)ccc32)c(C)c1. The van der Waals surface area contributed by atoms with Crippen LogP contribution in [0.15, 0.2) is 176 Å². The average molecular weight is 1150 g/mol. The number of aryl methyl sites for hydroxylation is 12. The van der Waals surface area contributed by atoms with Gasteiger partial charge in [0, 0.05) is 32.7 Å². The molecule has 2 heterocycles. The van der Waals surface area contributed by atoms with Crippen LogP contribution >= 0.6 is 0 Å². The molecule has 0 radical (unpaired) electrons. The van der Waals surface area contributed by atoms with Crippen LogP contribution in [0.4, 0.5) is 13.2 Å². The van der Waals surface area contributed by atoms with Gasteiger partial charge < -0.3 is 9.13 Å². The molecule has 11 aromatic carbocycles. The normalized spacial score (nSPS) is 11.8. The van der Waals surface area contributed by atoms with Crippen LogP contribution < -0.4 is 0 Å². The quantitative estimate of drug-likeness (QED) is 0.152. The van der Waals surface area contributed by atoms with Gasteiger partial charge in [0.25, 0.3) is 0 Å². The van der Waals surface area contributed by atoms with Crippen LogP contribution in [0.25, 0.3) is 122 Å². The van der Waals surface area contributed by atoms with Crippen LogP contribution in [0.2, 0.25) is 0 Å². The Hall–Kier alpha value is -10.2. The number of alkyl halides is 3. The summed E-state index contributed by atoms with van der Waals surface area (Å²) in [5.41, 5.74) is 30.7. The fourth-order valence-electron chi connectivity index (χ4n) is 14.9. The lowest BCUT2D eigenvalue weighted by Gasteiger charge is -2.21. The van der Waals surface area contributed by atoms with Crippen molar-refractivity contribution in [1.29, 1.82) is 10.5 Å². The van der Waals surface area contributed by atoms with E-state index in [1.807, 2.05) is 36.4 Å². The third kappa shape index (κ3) is 9.54. The number of nitrogens with zero attached hydrogens (tertiary/aromatic N) is 4. The largest absolute Gasteiger partial charge is 0.416 e. The highest BCUT2D eigenvalue weighted by molar-refractivity contribution is 6.14. The van der Waals surface area contributed by atoms with Crippen LogP contribution in [-0.4, -0.2) is 9.13 Å². The first-order valence-corrected chi connectivity index (χ1v) is 29.9. The lowest BCUT2D eigenvalue weighted by molar-refractivity contribution is -0.137. The molecular weight excluding hydrogens is 1090 g/mol. The Kier molecular flexibility index (Phi) is 13.8. The van der Waals surface area contributed by atoms with Crippen LogP contribution in [-0.2, 0) is 6.18 Å². The minimum Gasteiger partial charge on any atom is -0.309 e. The van der Waals surface area contributed by atoms with Crippen molar-refractivity contribution in [1.82, 2.24) is 9.13 Å². The number of halogens is 3. The van der Waals surface area contributed by atoms with Crippen molar-refractivity contribution in [3.63, 3.8) is 0 Å².